The highest BCUT2D eigenvalue weighted by Gasteiger charge is 2.27. The molecule has 150 valence electrons. The molecular formula is C22H23FN4O2. The van der Waals surface area contributed by atoms with E-state index in [1.54, 1.807) is 36.2 Å². The summed E-state index contributed by atoms with van der Waals surface area (Å²) in [5.74, 6) is 0.332. The van der Waals surface area contributed by atoms with Crippen molar-refractivity contribution in [2.24, 2.45) is 0 Å². The maximum absolute atomic E-state index is 13.4. The fourth-order valence-corrected chi connectivity index (χ4v) is 3.71. The molecular weight excluding hydrogens is 371 g/mol. The lowest BCUT2D eigenvalue weighted by Gasteiger charge is -2.24. The van der Waals surface area contributed by atoms with E-state index in [0.717, 1.165) is 37.3 Å². The first-order valence-electron chi connectivity index (χ1n) is 9.65. The molecule has 2 heterocycles. The van der Waals surface area contributed by atoms with Gasteiger partial charge in [0.15, 0.2) is 0 Å². The topological polar surface area (TPSA) is 68.2 Å². The van der Waals surface area contributed by atoms with Crippen LogP contribution in [-0.2, 0) is 0 Å². The Bertz CT molecular complexity index is 994. The molecule has 0 saturated carbocycles. The van der Waals surface area contributed by atoms with E-state index in [0.29, 0.717) is 17.0 Å². The molecule has 1 fully saturated rings. The van der Waals surface area contributed by atoms with Crippen molar-refractivity contribution in [2.45, 2.75) is 18.8 Å². The van der Waals surface area contributed by atoms with Crippen LogP contribution in [0.5, 0.6) is 5.75 Å². The first-order chi connectivity index (χ1) is 14.2. The fraction of sp³-hybridized carbons (Fsp3) is 0.273. The molecule has 0 radical (unpaired) electrons. The number of carbonyl (C=O) groups is 1. The van der Waals surface area contributed by atoms with Gasteiger partial charge in [0, 0.05) is 17.7 Å². The second kappa shape index (κ2) is 8.45. The number of rotatable bonds is 5. The van der Waals surface area contributed by atoms with Crippen molar-refractivity contribution in [3.63, 3.8) is 0 Å². The minimum Gasteiger partial charge on any atom is -0.497 e. The molecule has 3 aromatic rings. The average molecular weight is 394 g/mol. The van der Waals surface area contributed by atoms with Crippen molar-refractivity contribution in [3.05, 3.63) is 71.8 Å². The number of aromatic nitrogens is 2. The number of nitrogens with one attached hydrogen (secondary N) is 2. The number of hydrogen-bond acceptors (Lipinski definition) is 4. The van der Waals surface area contributed by atoms with Crippen LogP contribution in [0.2, 0.25) is 0 Å². The smallest absolute Gasteiger partial charge is 0.259 e. The van der Waals surface area contributed by atoms with E-state index in [1.165, 1.54) is 12.1 Å². The molecule has 1 amide bonds. The monoisotopic (exact) mass is 394 g/mol. The lowest BCUT2D eigenvalue weighted by molar-refractivity contribution is 0.102. The number of nitrogens with zero attached hydrogens (tertiary/aromatic N) is 2. The SMILES string of the molecule is COc1cccc(NC(=O)c2cnn(-c3ccc(F)cc3)c2C2CCNCC2)c1. The number of carbonyl (C=O) groups excluding carboxylic acids is 1. The Morgan fingerprint density at radius 3 is 2.69 bits per heavy atom. The fourth-order valence-electron chi connectivity index (χ4n) is 3.71. The van der Waals surface area contributed by atoms with Crippen molar-refractivity contribution in [1.82, 2.24) is 15.1 Å². The summed E-state index contributed by atoms with van der Waals surface area (Å²) in [4.78, 5) is 13.1. The number of anilines is 1. The maximum Gasteiger partial charge on any atom is 0.259 e. The van der Waals surface area contributed by atoms with Gasteiger partial charge in [-0.2, -0.15) is 5.10 Å². The van der Waals surface area contributed by atoms with E-state index in [1.807, 2.05) is 18.2 Å². The Kier molecular flexibility index (Phi) is 5.57. The molecule has 0 bridgehead atoms. The van der Waals surface area contributed by atoms with Crippen LogP contribution in [0.1, 0.15) is 34.8 Å². The predicted molar refractivity (Wildman–Crippen MR) is 109 cm³/mol. The molecule has 0 atom stereocenters. The summed E-state index contributed by atoms with van der Waals surface area (Å²) in [7, 11) is 1.59. The Morgan fingerprint density at radius 1 is 1.21 bits per heavy atom. The minimum atomic E-state index is -0.305. The van der Waals surface area contributed by atoms with E-state index in [2.05, 4.69) is 15.7 Å². The first kappa shape index (κ1) is 19.1. The Labute approximate surface area is 168 Å². The Balaban J connectivity index is 1.70. The van der Waals surface area contributed by atoms with Gasteiger partial charge in [0.05, 0.1) is 30.3 Å². The second-order valence-electron chi connectivity index (χ2n) is 7.04. The van der Waals surface area contributed by atoms with Crippen LogP contribution in [0.4, 0.5) is 10.1 Å². The van der Waals surface area contributed by atoms with Crippen molar-refractivity contribution in [3.8, 4) is 11.4 Å². The van der Waals surface area contributed by atoms with Gasteiger partial charge in [-0.15, -0.1) is 0 Å². The largest absolute Gasteiger partial charge is 0.497 e. The van der Waals surface area contributed by atoms with Gasteiger partial charge < -0.3 is 15.4 Å². The van der Waals surface area contributed by atoms with Crippen molar-refractivity contribution < 1.29 is 13.9 Å². The summed E-state index contributed by atoms with van der Waals surface area (Å²) in [6.45, 7) is 1.77. The van der Waals surface area contributed by atoms with Crippen LogP contribution in [0, 0.1) is 5.82 Å². The van der Waals surface area contributed by atoms with Crippen molar-refractivity contribution in [2.75, 3.05) is 25.5 Å². The van der Waals surface area contributed by atoms with E-state index < -0.39 is 0 Å². The van der Waals surface area contributed by atoms with Gasteiger partial charge in [-0.1, -0.05) is 6.07 Å². The zero-order valence-electron chi connectivity index (χ0n) is 16.2. The zero-order valence-corrected chi connectivity index (χ0v) is 16.2. The average Bonchev–Trinajstić information content (AvgIpc) is 3.20. The van der Waals surface area contributed by atoms with Crippen LogP contribution in [0.15, 0.2) is 54.7 Å². The summed E-state index contributed by atoms with van der Waals surface area (Å²) in [5, 5.41) is 10.8. The van der Waals surface area contributed by atoms with Gasteiger partial charge in [-0.3, -0.25) is 4.79 Å². The molecule has 29 heavy (non-hydrogen) atoms. The molecule has 2 N–H and O–H groups in total. The number of ether oxygens (including phenoxy) is 1. The summed E-state index contributed by atoms with van der Waals surface area (Å²) < 4.78 is 20.4. The molecule has 1 aliphatic heterocycles. The third-order valence-electron chi connectivity index (χ3n) is 5.18. The number of halogens is 1. The van der Waals surface area contributed by atoms with E-state index in [9.17, 15) is 9.18 Å². The summed E-state index contributed by atoms with van der Waals surface area (Å²) in [6.07, 6.45) is 3.41. The third kappa shape index (κ3) is 4.14. The second-order valence-corrected chi connectivity index (χ2v) is 7.04. The lowest BCUT2D eigenvalue weighted by atomic mass is 9.91. The Hall–Kier alpha value is -3.19. The van der Waals surface area contributed by atoms with Gasteiger partial charge in [0.25, 0.3) is 5.91 Å². The number of benzene rings is 2. The van der Waals surface area contributed by atoms with Crippen LogP contribution >= 0.6 is 0 Å². The minimum absolute atomic E-state index is 0.190. The quantitative estimate of drug-likeness (QED) is 0.692. The Morgan fingerprint density at radius 2 is 1.97 bits per heavy atom. The lowest BCUT2D eigenvalue weighted by Crippen LogP contribution is -2.29. The van der Waals surface area contributed by atoms with Gasteiger partial charge in [-0.25, -0.2) is 9.07 Å². The molecule has 1 saturated heterocycles. The summed E-state index contributed by atoms with van der Waals surface area (Å²) in [5.41, 5.74) is 2.78. The molecule has 1 aromatic heterocycles. The molecule has 0 aliphatic carbocycles. The van der Waals surface area contributed by atoms with Crippen molar-refractivity contribution in [1.29, 1.82) is 0 Å². The molecule has 1 aliphatic rings. The molecule has 2 aromatic carbocycles. The third-order valence-corrected chi connectivity index (χ3v) is 5.18. The highest BCUT2D eigenvalue weighted by molar-refractivity contribution is 6.05. The van der Waals surface area contributed by atoms with Gasteiger partial charge >= 0.3 is 0 Å². The molecule has 0 spiro atoms. The predicted octanol–water partition coefficient (Wildman–Crippen LogP) is 3.74. The van der Waals surface area contributed by atoms with Crippen LogP contribution in [0.25, 0.3) is 5.69 Å². The number of piperidine rings is 1. The number of amides is 1. The normalized spacial score (nSPS) is 14.6. The summed E-state index contributed by atoms with van der Waals surface area (Å²) in [6, 6.07) is 13.4. The van der Waals surface area contributed by atoms with E-state index >= 15 is 0 Å². The van der Waals surface area contributed by atoms with Crippen LogP contribution < -0.4 is 15.4 Å². The molecule has 0 unspecified atom stereocenters. The highest BCUT2D eigenvalue weighted by atomic mass is 19.1. The van der Waals surface area contributed by atoms with Crippen LogP contribution in [0.3, 0.4) is 0 Å². The molecule has 4 rings (SSSR count). The molecule has 7 heteroatoms. The maximum atomic E-state index is 13.4. The standard InChI is InChI=1S/C22H23FN4O2/c1-29-19-4-2-3-17(13-19)26-22(28)20-14-25-27(18-7-5-16(23)6-8-18)21(20)15-9-11-24-12-10-15/h2-8,13-15,24H,9-12H2,1H3,(H,26,28). The van der Waals surface area contributed by atoms with Crippen LogP contribution in [-0.4, -0.2) is 35.9 Å². The van der Waals surface area contributed by atoms with Gasteiger partial charge in [0.2, 0.25) is 0 Å². The first-order valence-corrected chi connectivity index (χ1v) is 9.65. The number of hydrogen-bond donors (Lipinski definition) is 2. The van der Waals surface area contributed by atoms with E-state index in [4.69, 9.17) is 4.74 Å². The van der Waals surface area contributed by atoms with Crippen molar-refractivity contribution >= 4 is 11.6 Å². The number of methoxy groups -OCH3 is 1. The zero-order chi connectivity index (χ0) is 20.2. The highest BCUT2D eigenvalue weighted by Crippen LogP contribution is 2.31. The molecule has 6 nitrogen and oxygen atoms in total. The van der Waals surface area contributed by atoms with E-state index in [-0.39, 0.29) is 17.6 Å². The van der Waals surface area contributed by atoms with Gasteiger partial charge in [-0.05, 0) is 62.3 Å². The summed E-state index contributed by atoms with van der Waals surface area (Å²) >= 11 is 0. The van der Waals surface area contributed by atoms with Gasteiger partial charge in [0.1, 0.15) is 11.6 Å².